The van der Waals surface area contributed by atoms with Gasteiger partial charge in [0.05, 0.1) is 32.0 Å². The summed E-state index contributed by atoms with van der Waals surface area (Å²) < 4.78 is 10.7. The van der Waals surface area contributed by atoms with Gasteiger partial charge in [0.2, 0.25) is 0 Å². The Morgan fingerprint density at radius 1 is 1.30 bits per heavy atom. The van der Waals surface area contributed by atoms with Crippen LogP contribution in [0, 0.1) is 0 Å². The normalized spacial score (nSPS) is 14.4. The minimum atomic E-state index is -0.520. The molecule has 0 fully saturated rings. The number of aliphatic hydroxyl groups is 1. The second kappa shape index (κ2) is 9.83. The van der Waals surface area contributed by atoms with E-state index in [0.29, 0.717) is 26.4 Å². The fourth-order valence-corrected chi connectivity index (χ4v) is 1.68. The summed E-state index contributed by atoms with van der Waals surface area (Å²) in [7, 11) is 0. The molecule has 2 unspecified atom stereocenters. The van der Waals surface area contributed by atoms with Crippen molar-refractivity contribution in [3.8, 4) is 0 Å². The molecule has 0 aliphatic heterocycles. The van der Waals surface area contributed by atoms with Gasteiger partial charge < -0.3 is 19.9 Å². The summed E-state index contributed by atoms with van der Waals surface area (Å²) in [5, 5.41) is 13.1. The molecule has 1 heterocycles. The summed E-state index contributed by atoms with van der Waals surface area (Å²) in [5.41, 5.74) is 1.10. The quantitative estimate of drug-likeness (QED) is 0.637. The minimum Gasteiger partial charge on any atom is -0.389 e. The fraction of sp³-hybridized carbons (Fsp3) is 0.667. The second-order valence-electron chi connectivity index (χ2n) is 5.06. The standard InChI is InChI=1S/C15H26N2O3/c1-12(2)20-8-7-19-11-15(18)10-17-13(3)14-5-4-6-16-9-14/h4-6,9,12-13,15,17-18H,7-8,10-11H2,1-3H3. The van der Waals surface area contributed by atoms with Crippen molar-refractivity contribution >= 4 is 0 Å². The van der Waals surface area contributed by atoms with Crippen LogP contribution >= 0.6 is 0 Å². The van der Waals surface area contributed by atoms with Gasteiger partial charge in [0.25, 0.3) is 0 Å². The lowest BCUT2D eigenvalue weighted by Crippen LogP contribution is -2.32. The van der Waals surface area contributed by atoms with Gasteiger partial charge in [-0.1, -0.05) is 6.07 Å². The number of hydrogen-bond acceptors (Lipinski definition) is 5. The van der Waals surface area contributed by atoms with Crippen LogP contribution in [0.5, 0.6) is 0 Å². The van der Waals surface area contributed by atoms with E-state index < -0.39 is 6.10 Å². The smallest absolute Gasteiger partial charge is 0.0897 e. The van der Waals surface area contributed by atoms with Crippen molar-refractivity contribution in [1.82, 2.24) is 10.3 Å². The molecule has 0 saturated carbocycles. The minimum absolute atomic E-state index is 0.155. The van der Waals surface area contributed by atoms with Gasteiger partial charge in [0, 0.05) is 25.0 Å². The summed E-state index contributed by atoms with van der Waals surface area (Å²) in [6, 6.07) is 4.07. The van der Waals surface area contributed by atoms with Crippen molar-refractivity contribution < 1.29 is 14.6 Å². The van der Waals surface area contributed by atoms with Crippen LogP contribution in [0.3, 0.4) is 0 Å². The molecule has 1 rings (SSSR count). The van der Waals surface area contributed by atoms with Gasteiger partial charge >= 0.3 is 0 Å². The highest BCUT2D eigenvalue weighted by Gasteiger charge is 2.09. The average Bonchev–Trinajstić information content (AvgIpc) is 2.45. The van der Waals surface area contributed by atoms with E-state index in [2.05, 4.69) is 10.3 Å². The van der Waals surface area contributed by atoms with Crippen LogP contribution in [-0.4, -0.2) is 48.7 Å². The lowest BCUT2D eigenvalue weighted by molar-refractivity contribution is -0.0104. The van der Waals surface area contributed by atoms with Crippen molar-refractivity contribution in [2.75, 3.05) is 26.4 Å². The molecule has 0 saturated heterocycles. The highest BCUT2D eigenvalue weighted by molar-refractivity contribution is 5.12. The number of pyridine rings is 1. The molecule has 0 radical (unpaired) electrons. The van der Waals surface area contributed by atoms with Crippen LogP contribution in [0.2, 0.25) is 0 Å². The maximum Gasteiger partial charge on any atom is 0.0897 e. The number of aromatic nitrogens is 1. The van der Waals surface area contributed by atoms with Crippen molar-refractivity contribution in [1.29, 1.82) is 0 Å². The van der Waals surface area contributed by atoms with E-state index in [-0.39, 0.29) is 12.1 Å². The molecule has 2 atom stereocenters. The topological polar surface area (TPSA) is 63.6 Å². The monoisotopic (exact) mass is 282 g/mol. The third-order valence-electron chi connectivity index (χ3n) is 2.83. The number of nitrogens with zero attached hydrogens (tertiary/aromatic N) is 1. The Balaban J connectivity index is 2.09. The Labute approximate surface area is 121 Å². The fourth-order valence-electron chi connectivity index (χ4n) is 1.68. The summed E-state index contributed by atoms with van der Waals surface area (Å²) in [6.45, 7) is 7.88. The van der Waals surface area contributed by atoms with Crippen LogP contribution in [0.15, 0.2) is 24.5 Å². The Bertz CT molecular complexity index is 346. The number of ether oxygens (including phenoxy) is 2. The molecule has 0 spiro atoms. The zero-order chi connectivity index (χ0) is 14.8. The molecular formula is C15H26N2O3. The highest BCUT2D eigenvalue weighted by Crippen LogP contribution is 2.09. The SMILES string of the molecule is CC(C)OCCOCC(O)CNC(C)c1cccnc1. The lowest BCUT2D eigenvalue weighted by atomic mass is 10.1. The van der Waals surface area contributed by atoms with Crippen LogP contribution in [0.4, 0.5) is 0 Å². The highest BCUT2D eigenvalue weighted by atomic mass is 16.5. The van der Waals surface area contributed by atoms with Crippen LogP contribution < -0.4 is 5.32 Å². The molecule has 0 aliphatic rings. The Morgan fingerprint density at radius 2 is 2.10 bits per heavy atom. The summed E-state index contributed by atoms with van der Waals surface area (Å²) in [4.78, 5) is 4.08. The van der Waals surface area contributed by atoms with Gasteiger partial charge in [-0.15, -0.1) is 0 Å². The van der Waals surface area contributed by atoms with Gasteiger partial charge in [-0.25, -0.2) is 0 Å². The largest absolute Gasteiger partial charge is 0.389 e. The third-order valence-corrected chi connectivity index (χ3v) is 2.83. The van der Waals surface area contributed by atoms with E-state index in [4.69, 9.17) is 9.47 Å². The van der Waals surface area contributed by atoms with Crippen molar-refractivity contribution in [3.63, 3.8) is 0 Å². The first-order valence-corrected chi connectivity index (χ1v) is 7.10. The van der Waals surface area contributed by atoms with E-state index in [0.717, 1.165) is 5.56 Å². The first-order chi connectivity index (χ1) is 9.59. The van der Waals surface area contributed by atoms with Gasteiger partial charge in [0.15, 0.2) is 0 Å². The molecular weight excluding hydrogens is 256 g/mol. The van der Waals surface area contributed by atoms with Crippen molar-refractivity contribution in [2.45, 2.75) is 39.0 Å². The maximum absolute atomic E-state index is 9.81. The predicted molar refractivity (Wildman–Crippen MR) is 78.6 cm³/mol. The van der Waals surface area contributed by atoms with Gasteiger partial charge in [-0.2, -0.15) is 0 Å². The van der Waals surface area contributed by atoms with E-state index in [9.17, 15) is 5.11 Å². The summed E-state index contributed by atoms with van der Waals surface area (Å²) in [6.07, 6.45) is 3.26. The van der Waals surface area contributed by atoms with E-state index >= 15 is 0 Å². The number of hydrogen-bond donors (Lipinski definition) is 2. The summed E-state index contributed by atoms with van der Waals surface area (Å²) >= 11 is 0. The third kappa shape index (κ3) is 7.55. The van der Waals surface area contributed by atoms with Crippen molar-refractivity contribution in [2.24, 2.45) is 0 Å². The van der Waals surface area contributed by atoms with Gasteiger partial charge in [-0.05, 0) is 32.4 Å². The van der Waals surface area contributed by atoms with Crippen molar-refractivity contribution in [3.05, 3.63) is 30.1 Å². The molecule has 1 aromatic rings. The molecule has 0 bridgehead atoms. The Kier molecular flexibility index (Phi) is 8.37. The molecule has 20 heavy (non-hydrogen) atoms. The molecule has 0 aliphatic carbocycles. The van der Waals surface area contributed by atoms with Gasteiger partial charge in [0.1, 0.15) is 0 Å². The maximum atomic E-state index is 9.81. The number of nitrogens with one attached hydrogen (secondary N) is 1. The molecule has 5 nitrogen and oxygen atoms in total. The average molecular weight is 282 g/mol. The molecule has 1 aromatic heterocycles. The summed E-state index contributed by atoms with van der Waals surface area (Å²) in [5.74, 6) is 0. The van der Waals surface area contributed by atoms with E-state index in [1.807, 2.05) is 39.1 Å². The van der Waals surface area contributed by atoms with Gasteiger partial charge in [-0.3, -0.25) is 4.98 Å². The first-order valence-electron chi connectivity index (χ1n) is 7.10. The first kappa shape index (κ1) is 17.0. The zero-order valence-electron chi connectivity index (χ0n) is 12.6. The lowest BCUT2D eigenvalue weighted by Gasteiger charge is -2.17. The molecule has 2 N–H and O–H groups in total. The van der Waals surface area contributed by atoms with Crippen LogP contribution in [0.1, 0.15) is 32.4 Å². The molecule has 114 valence electrons. The Hall–Kier alpha value is -1.01. The molecule has 0 aromatic carbocycles. The Morgan fingerprint density at radius 3 is 2.75 bits per heavy atom. The molecule has 0 amide bonds. The number of rotatable bonds is 10. The van der Waals surface area contributed by atoms with E-state index in [1.54, 1.807) is 6.20 Å². The van der Waals surface area contributed by atoms with E-state index in [1.165, 1.54) is 0 Å². The van der Waals surface area contributed by atoms with Crippen LogP contribution in [0.25, 0.3) is 0 Å². The molecule has 5 heteroatoms. The van der Waals surface area contributed by atoms with Crippen LogP contribution in [-0.2, 0) is 9.47 Å². The second-order valence-corrected chi connectivity index (χ2v) is 5.06. The predicted octanol–water partition coefficient (Wildman–Crippen LogP) is 1.53. The zero-order valence-corrected chi connectivity index (χ0v) is 12.6. The number of aliphatic hydroxyl groups excluding tert-OH is 1.